The van der Waals surface area contributed by atoms with Crippen molar-refractivity contribution in [3.63, 3.8) is 0 Å². The summed E-state index contributed by atoms with van der Waals surface area (Å²) in [5.41, 5.74) is -3.09. The molecule has 1 heterocycles. The maximum atomic E-state index is 13.2. The maximum Gasteiger partial charge on any atom is 0.600 e. The molecule has 2 rings (SSSR count). The zero-order chi connectivity index (χ0) is 13.5. The van der Waals surface area contributed by atoms with E-state index in [-0.39, 0.29) is 5.92 Å². The number of benzene rings is 1. The third-order valence-corrected chi connectivity index (χ3v) is 5.37. The minimum absolute atomic E-state index is 0.0764. The zero-order valence-electron chi connectivity index (χ0n) is 10.6. The lowest BCUT2D eigenvalue weighted by Gasteiger charge is -2.02. The summed E-state index contributed by atoms with van der Waals surface area (Å²) >= 11 is 0. The van der Waals surface area contributed by atoms with Crippen LogP contribution in [0, 0.1) is 0 Å². The largest absolute Gasteiger partial charge is 0.600 e. The van der Waals surface area contributed by atoms with Crippen LogP contribution in [0.25, 0.3) is 10.1 Å². The van der Waals surface area contributed by atoms with Crippen molar-refractivity contribution >= 4 is 20.6 Å². The molecule has 1 aromatic heterocycles. The van der Waals surface area contributed by atoms with Crippen LogP contribution < -0.4 is 0 Å². The average molecular weight is 273 g/mol. The Labute approximate surface area is 107 Å². The molecule has 4 heteroatoms. The summed E-state index contributed by atoms with van der Waals surface area (Å²) < 4.78 is 40.0. The first-order valence-electron chi connectivity index (χ1n) is 6.00. The molecule has 1 atom stereocenters. The van der Waals surface area contributed by atoms with E-state index >= 15 is 0 Å². The van der Waals surface area contributed by atoms with E-state index in [9.17, 15) is 13.2 Å². The Bertz CT molecular complexity index is 564. The molecule has 0 aliphatic carbocycles. The van der Waals surface area contributed by atoms with E-state index in [0.717, 1.165) is 17.4 Å². The predicted molar refractivity (Wildman–Crippen MR) is 71.2 cm³/mol. The van der Waals surface area contributed by atoms with E-state index in [0.29, 0.717) is 9.58 Å². The Morgan fingerprint density at radius 3 is 2.33 bits per heavy atom. The molecule has 0 amide bonds. The summed E-state index contributed by atoms with van der Waals surface area (Å²) in [6.07, 6.45) is 0.845. The second-order valence-electron chi connectivity index (χ2n) is 4.68. The molecule has 18 heavy (non-hydrogen) atoms. The zero-order valence-corrected chi connectivity index (χ0v) is 11.5. The number of thiophene rings is 1. The Hall–Kier alpha value is -1.03. The minimum Gasteiger partial charge on any atom is -0.118 e. The molecule has 0 fully saturated rings. The number of rotatable bonds is 2. The van der Waals surface area contributed by atoms with Gasteiger partial charge in [-0.2, -0.15) is 0 Å². The summed E-state index contributed by atoms with van der Waals surface area (Å²) in [6.45, 7) is 5.65. The summed E-state index contributed by atoms with van der Waals surface area (Å²) in [4.78, 5) is 0.505. The summed E-state index contributed by atoms with van der Waals surface area (Å²) in [5.74, 6) is -0.0764. The van der Waals surface area contributed by atoms with Gasteiger partial charge in [0.25, 0.3) is 0 Å². The fourth-order valence-electron chi connectivity index (χ4n) is 2.12. The van der Waals surface area contributed by atoms with Crippen molar-refractivity contribution in [1.82, 2.24) is 0 Å². The van der Waals surface area contributed by atoms with Gasteiger partial charge in [0, 0.05) is 17.4 Å². The Balaban J connectivity index is 2.76. The molecule has 0 saturated carbocycles. The molecule has 1 unspecified atom stereocenters. The van der Waals surface area contributed by atoms with Gasteiger partial charge in [-0.05, 0) is 24.1 Å². The van der Waals surface area contributed by atoms with Gasteiger partial charge in [0.2, 0.25) is 0 Å². The van der Waals surface area contributed by atoms with Crippen molar-refractivity contribution in [1.29, 1.82) is 0 Å². The normalized spacial score (nSPS) is 13.6. The third kappa shape index (κ3) is 2.26. The fourth-order valence-corrected chi connectivity index (χ4v) is 4.16. The second kappa shape index (κ2) is 4.57. The van der Waals surface area contributed by atoms with Crippen molar-refractivity contribution in [2.24, 2.45) is 0 Å². The van der Waals surface area contributed by atoms with Crippen molar-refractivity contribution in [2.75, 3.05) is 0 Å². The van der Waals surface area contributed by atoms with Gasteiger partial charge < -0.3 is 0 Å². The van der Waals surface area contributed by atoms with Crippen molar-refractivity contribution < 1.29 is 13.2 Å². The molecule has 0 nitrogen and oxygen atoms in total. The SMILES string of the molecule is CCc1ccc2c(c1)cc(C(C)C)[s+]2C(F)(F)F. The van der Waals surface area contributed by atoms with E-state index in [4.69, 9.17) is 0 Å². The second-order valence-corrected chi connectivity index (χ2v) is 6.67. The molecule has 98 valence electrons. The Kier molecular flexibility index (Phi) is 3.41. The number of fused-ring (bicyclic) bond motifs is 1. The van der Waals surface area contributed by atoms with Crippen molar-refractivity contribution in [2.45, 2.75) is 38.6 Å². The number of halogens is 3. The van der Waals surface area contributed by atoms with Crippen molar-refractivity contribution in [3.05, 3.63) is 34.7 Å². The molecule has 0 aliphatic rings. The van der Waals surface area contributed by atoms with E-state index in [1.165, 1.54) is 0 Å². The van der Waals surface area contributed by atoms with Gasteiger partial charge in [-0.1, -0.05) is 26.8 Å². The Morgan fingerprint density at radius 1 is 1.17 bits per heavy atom. The topological polar surface area (TPSA) is 0 Å². The van der Waals surface area contributed by atoms with Gasteiger partial charge in [-0.25, -0.2) is 0 Å². The molecule has 1 aromatic carbocycles. The number of alkyl halides is 3. The first kappa shape index (κ1) is 13.4. The van der Waals surface area contributed by atoms with Gasteiger partial charge in [0.1, 0.15) is 0 Å². The summed E-state index contributed by atoms with van der Waals surface area (Å²) in [6, 6.07) is 7.07. The van der Waals surface area contributed by atoms with Gasteiger partial charge in [-0.3, -0.25) is 0 Å². The van der Waals surface area contributed by atoms with Crippen LogP contribution in [0.1, 0.15) is 37.1 Å². The average Bonchev–Trinajstić information content (AvgIpc) is 2.66. The van der Waals surface area contributed by atoms with Gasteiger partial charge >= 0.3 is 5.51 Å². The molecular formula is C14H16F3S+. The lowest BCUT2D eigenvalue weighted by molar-refractivity contribution is -0.0868. The highest BCUT2D eigenvalue weighted by atomic mass is 32.2. The summed E-state index contributed by atoms with van der Waals surface area (Å²) in [7, 11) is -1.74. The first-order chi connectivity index (χ1) is 8.34. The van der Waals surface area contributed by atoms with E-state index in [1.807, 2.05) is 32.9 Å². The molecule has 0 radical (unpaired) electrons. The highest BCUT2D eigenvalue weighted by Crippen LogP contribution is 2.52. The monoisotopic (exact) mass is 273 g/mol. The van der Waals surface area contributed by atoms with Gasteiger partial charge in [-0.15, -0.1) is 13.2 Å². The summed E-state index contributed by atoms with van der Waals surface area (Å²) in [5, 5.41) is 0.749. The molecule has 2 aromatic rings. The predicted octanol–water partition coefficient (Wildman–Crippen LogP) is 5.75. The smallest absolute Gasteiger partial charge is 0.118 e. The third-order valence-electron chi connectivity index (χ3n) is 3.04. The first-order valence-corrected chi connectivity index (χ1v) is 7.22. The standard InChI is InChI=1S/C14H16F3S/c1-4-10-5-6-12-11(7-10)8-13(9(2)3)18(12)14(15,16)17/h5-9H,4H2,1-3H3/q+1. The van der Waals surface area contributed by atoms with E-state index < -0.39 is 16.0 Å². The van der Waals surface area contributed by atoms with Crippen LogP contribution in [-0.4, -0.2) is 0 Å². The van der Waals surface area contributed by atoms with Crippen LogP contribution in [0.4, 0.5) is 13.2 Å². The van der Waals surface area contributed by atoms with Crippen molar-refractivity contribution in [3.8, 4) is 0 Å². The van der Waals surface area contributed by atoms with Gasteiger partial charge in [0.05, 0.1) is 10.5 Å². The minimum atomic E-state index is -4.17. The lowest BCUT2D eigenvalue weighted by atomic mass is 10.1. The van der Waals surface area contributed by atoms with Crippen LogP contribution in [0.3, 0.4) is 0 Å². The van der Waals surface area contributed by atoms with E-state index in [1.54, 1.807) is 12.1 Å². The van der Waals surface area contributed by atoms with Crippen LogP contribution in [0.5, 0.6) is 0 Å². The number of aryl methyl sites for hydroxylation is 1. The molecule has 0 bridgehead atoms. The Morgan fingerprint density at radius 2 is 1.83 bits per heavy atom. The molecular weight excluding hydrogens is 257 g/mol. The number of hydrogen-bond donors (Lipinski definition) is 0. The maximum absolute atomic E-state index is 13.2. The molecule has 0 aliphatic heterocycles. The number of hydrogen-bond acceptors (Lipinski definition) is 0. The van der Waals surface area contributed by atoms with Crippen LogP contribution in [-0.2, 0) is 11.9 Å². The molecule has 0 spiro atoms. The highest BCUT2D eigenvalue weighted by Gasteiger charge is 2.48. The van der Waals surface area contributed by atoms with Gasteiger partial charge in [0.15, 0.2) is 9.58 Å². The molecule has 0 N–H and O–H groups in total. The lowest BCUT2D eigenvalue weighted by Crippen LogP contribution is -1.99. The van der Waals surface area contributed by atoms with E-state index in [2.05, 4.69) is 0 Å². The molecule has 0 saturated heterocycles. The van der Waals surface area contributed by atoms with Crippen LogP contribution in [0.2, 0.25) is 0 Å². The van der Waals surface area contributed by atoms with Crippen LogP contribution in [0.15, 0.2) is 24.3 Å². The highest BCUT2D eigenvalue weighted by molar-refractivity contribution is 7.38. The fraction of sp³-hybridized carbons (Fsp3) is 0.429. The quantitative estimate of drug-likeness (QED) is 0.611. The van der Waals surface area contributed by atoms with Crippen LogP contribution >= 0.6 is 10.5 Å².